The molecule has 0 saturated carbocycles. The Morgan fingerprint density at radius 2 is 1.46 bits per heavy atom. The van der Waals surface area contributed by atoms with Gasteiger partial charge in [-0.25, -0.2) is 18.4 Å². The molecule has 0 bridgehead atoms. The van der Waals surface area contributed by atoms with Crippen LogP contribution in [-0.4, -0.2) is 59.1 Å². The van der Waals surface area contributed by atoms with Crippen molar-refractivity contribution in [3.63, 3.8) is 0 Å². The summed E-state index contributed by atoms with van der Waals surface area (Å²) in [5, 5.41) is 0. The molecule has 1 fully saturated rings. The van der Waals surface area contributed by atoms with Crippen molar-refractivity contribution in [1.82, 2.24) is 4.90 Å². The molecule has 0 unspecified atom stereocenters. The van der Waals surface area contributed by atoms with E-state index in [4.69, 9.17) is 18.9 Å². The van der Waals surface area contributed by atoms with Gasteiger partial charge in [0.05, 0.1) is 12.6 Å². The molecule has 8 nitrogen and oxygen atoms in total. The highest BCUT2D eigenvalue weighted by molar-refractivity contribution is 5.71. The van der Waals surface area contributed by atoms with Gasteiger partial charge in [0.1, 0.15) is 11.2 Å². The average molecular weight is 500 g/mol. The van der Waals surface area contributed by atoms with Crippen LogP contribution in [0.3, 0.4) is 0 Å². The molecule has 0 radical (unpaired) electrons. The van der Waals surface area contributed by atoms with Gasteiger partial charge in [0.2, 0.25) is 0 Å². The number of amides is 1. The van der Waals surface area contributed by atoms with Crippen LogP contribution in [0, 0.1) is 0 Å². The van der Waals surface area contributed by atoms with Gasteiger partial charge in [-0.3, -0.25) is 9.69 Å². The largest absolute Gasteiger partial charge is 0.509 e. The van der Waals surface area contributed by atoms with Crippen molar-refractivity contribution < 1.29 is 42.1 Å². The first-order valence-electron chi connectivity index (χ1n) is 11.4. The number of ether oxygens (including phenoxy) is 4. The maximum Gasteiger partial charge on any atom is 0.509 e. The van der Waals surface area contributed by atoms with Gasteiger partial charge in [-0.1, -0.05) is 24.3 Å². The van der Waals surface area contributed by atoms with Crippen molar-refractivity contribution in [2.75, 3.05) is 6.54 Å². The molecule has 2 rings (SSSR count). The number of carbonyl (C=O) groups excluding carboxylic acids is 3. The number of hydrogen-bond acceptors (Lipinski definition) is 7. The number of nitrogens with zero attached hydrogens (tertiary/aromatic N) is 1. The summed E-state index contributed by atoms with van der Waals surface area (Å²) in [4.78, 5) is 38.6. The molecule has 3 atom stereocenters. The average Bonchev–Trinajstić information content (AvgIpc) is 2.95. The molecule has 0 aromatic heterocycles. The molecule has 1 aromatic rings. The van der Waals surface area contributed by atoms with E-state index in [-0.39, 0.29) is 18.5 Å². The number of likely N-dealkylation sites (tertiary alicyclic amines) is 1. The SMILES string of the molecule is CC(=O)O[C@@H]1[C@@H](OC(=O)OC(C)(C)C)CN(C(=O)OC(C)(C)C)[C@@H]1Cc1ccc(C(C)(F)F)cc1. The molecule has 1 amide bonds. The van der Waals surface area contributed by atoms with Crippen LogP contribution in [0.4, 0.5) is 18.4 Å². The normalized spacial score (nSPS) is 20.9. The van der Waals surface area contributed by atoms with Gasteiger partial charge in [-0.05, 0) is 53.5 Å². The predicted molar refractivity (Wildman–Crippen MR) is 123 cm³/mol. The van der Waals surface area contributed by atoms with Gasteiger partial charge in [0.15, 0.2) is 12.2 Å². The summed E-state index contributed by atoms with van der Waals surface area (Å²) in [6.45, 7) is 12.0. The summed E-state index contributed by atoms with van der Waals surface area (Å²) in [7, 11) is 0. The van der Waals surface area contributed by atoms with Gasteiger partial charge in [-0.2, -0.15) is 0 Å². The molecule has 1 aliphatic heterocycles. The highest BCUT2D eigenvalue weighted by Crippen LogP contribution is 2.31. The van der Waals surface area contributed by atoms with E-state index < -0.39 is 53.6 Å². The second kappa shape index (κ2) is 10.4. The van der Waals surface area contributed by atoms with Crippen LogP contribution < -0.4 is 0 Å². The zero-order chi connectivity index (χ0) is 26.8. The van der Waals surface area contributed by atoms with Crippen LogP contribution in [0.2, 0.25) is 0 Å². The highest BCUT2D eigenvalue weighted by Gasteiger charge is 2.49. The third-order valence-electron chi connectivity index (χ3n) is 5.00. The summed E-state index contributed by atoms with van der Waals surface area (Å²) in [6.07, 6.45) is -3.57. The van der Waals surface area contributed by atoms with Crippen LogP contribution in [-0.2, 0) is 36.1 Å². The minimum absolute atomic E-state index is 0.109. The Morgan fingerprint density at radius 3 is 1.91 bits per heavy atom. The van der Waals surface area contributed by atoms with E-state index in [0.29, 0.717) is 5.56 Å². The van der Waals surface area contributed by atoms with Crippen LogP contribution >= 0.6 is 0 Å². The van der Waals surface area contributed by atoms with Gasteiger partial charge >= 0.3 is 18.2 Å². The maximum atomic E-state index is 13.6. The van der Waals surface area contributed by atoms with Crippen LogP contribution in [0.5, 0.6) is 0 Å². The molecule has 0 N–H and O–H groups in total. The Balaban J connectivity index is 2.38. The Bertz CT molecular complexity index is 914. The minimum atomic E-state index is -3.00. The number of benzene rings is 1. The lowest BCUT2D eigenvalue weighted by molar-refractivity contribution is -0.153. The number of alkyl halides is 2. The summed E-state index contributed by atoms with van der Waals surface area (Å²) in [5.74, 6) is -3.63. The Hall–Kier alpha value is -2.91. The summed E-state index contributed by atoms with van der Waals surface area (Å²) < 4.78 is 48.9. The first kappa shape index (κ1) is 28.3. The summed E-state index contributed by atoms with van der Waals surface area (Å²) in [5.41, 5.74) is -1.16. The first-order valence-corrected chi connectivity index (χ1v) is 11.4. The number of rotatable bonds is 5. The fraction of sp³-hybridized carbons (Fsp3) is 0.640. The van der Waals surface area contributed by atoms with Gasteiger partial charge < -0.3 is 18.9 Å². The van der Waals surface area contributed by atoms with E-state index in [1.54, 1.807) is 41.5 Å². The number of esters is 1. The van der Waals surface area contributed by atoms with Crippen molar-refractivity contribution in [3.05, 3.63) is 35.4 Å². The molecule has 1 aromatic carbocycles. The summed E-state index contributed by atoms with van der Waals surface area (Å²) in [6, 6.07) is 4.86. The van der Waals surface area contributed by atoms with E-state index >= 15 is 0 Å². The fourth-order valence-corrected chi connectivity index (χ4v) is 3.64. The van der Waals surface area contributed by atoms with Crippen molar-refractivity contribution >= 4 is 18.2 Å². The van der Waals surface area contributed by atoms with Crippen molar-refractivity contribution in [2.45, 2.75) is 97.2 Å². The van der Waals surface area contributed by atoms with Gasteiger partial charge in [0.25, 0.3) is 5.92 Å². The molecule has 196 valence electrons. The first-order chi connectivity index (χ1) is 15.9. The molecular weight excluding hydrogens is 464 g/mol. The van der Waals surface area contributed by atoms with Crippen molar-refractivity contribution in [3.8, 4) is 0 Å². The molecule has 0 aliphatic carbocycles. The lowest BCUT2D eigenvalue weighted by atomic mass is 9.99. The molecule has 0 spiro atoms. The molecule has 1 heterocycles. The van der Waals surface area contributed by atoms with Crippen LogP contribution in [0.1, 0.15) is 66.5 Å². The topological polar surface area (TPSA) is 91.4 Å². The molecule has 1 saturated heterocycles. The fourth-order valence-electron chi connectivity index (χ4n) is 3.64. The van der Waals surface area contributed by atoms with Crippen molar-refractivity contribution in [2.24, 2.45) is 0 Å². The zero-order valence-corrected chi connectivity index (χ0v) is 21.5. The third-order valence-corrected chi connectivity index (χ3v) is 5.00. The molecule has 1 aliphatic rings. The van der Waals surface area contributed by atoms with Gasteiger partial charge in [-0.15, -0.1) is 0 Å². The van der Waals surface area contributed by atoms with E-state index in [2.05, 4.69) is 0 Å². The zero-order valence-electron chi connectivity index (χ0n) is 21.5. The van der Waals surface area contributed by atoms with Crippen molar-refractivity contribution in [1.29, 1.82) is 0 Å². The Morgan fingerprint density at radius 1 is 0.914 bits per heavy atom. The lowest BCUT2D eigenvalue weighted by Crippen LogP contribution is -2.45. The van der Waals surface area contributed by atoms with E-state index in [0.717, 1.165) is 6.92 Å². The van der Waals surface area contributed by atoms with E-state index in [1.807, 2.05) is 0 Å². The molecular formula is C25H35F2NO7. The van der Waals surface area contributed by atoms with Crippen LogP contribution in [0.25, 0.3) is 0 Å². The summed E-state index contributed by atoms with van der Waals surface area (Å²) >= 11 is 0. The standard InChI is InChI=1S/C25H35F2NO7/c1-15(29)32-20-18(13-16-9-11-17(12-10-16)25(8,26)27)28(21(30)34-23(2,3)4)14-19(20)33-22(31)35-24(5,6)7/h9-12,18-20H,13-14H2,1-8H3/t18-,19+,20+/m1/s1. The second-order valence-corrected chi connectivity index (χ2v) is 10.7. The van der Waals surface area contributed by atoms with E-state index in [1.165, 1.54) is 36.1 Å². The van der Waals surface area contributed by atoms with Gasteiger partial charge in [0, 0.05) is 19.4 Å². The lowest BCUT2D eigenvalue weighted by Gasteiger charge is -2.30. The third kappa shape index (κ3) is 8.67. The monoisotopic (exact) mass is 499 g/mol. The smallest absolute Gasteiger partial charge is 0.456 e. The Kier molecular flexibility index (Phi) is 8.40. The quantitative estimate of drug-likeness (QED) is 0.406. The second-order valence-electron chi connectivity index (χ2n) is 10.7. The number of carbonyl (C=O) groups is 3. The molecule has 10 heteroatoms. The predicted octanol–water partition coefficient (Wildman–Crippen LogP) is 5.21. The maximum absolute atomic E-state index is 13.6. The minimum Gasteiger partial charge on any atom is -0.456 e. The Labute approximate surface area is 204 Å². The number of halogens is 2. The number of hydrogen-bond donors (Lipinski definition) is 0. The highest BCUT2D eigenvalue weighted by atomic mass is 19.3. The van der Waals surface area contributed by atoms with E-state index in [9.17, 15) is 23.2 Å². The molecule has 35 heavy (non-hydrogen) atoms. The van der Waals surface area contributed by atoms with Crippen LogP contribution in [0.15, 0.2) is 24.3 Å².